The Morgan fingerprint density at radius 1 is 1.41 bits per heavy atom. The molecule has 0 fully saturated rings. The van der Waals surface area contributed by atoms with Gasteiger partial charge in [-0.3, -0.25) is 4.99 Å². The van der Waals surface area contributed by atoms with Gasteiger partial charge in [0.05, 0.1) is 25.8 Å². The molecule has 0 saturated carbocycles. The first-order chi connectivity index (χ1) is 8.27. The van der Waals surface area contributed by atoms with E-state index in [1.54, 1.807) is 7.11 Å². The van der Waals surface area contributed by atoms with Crippen molar-refractivity contribution in [1.29, 1.82) is 0 Å². The van der Waals surface area contributed by atoms with Gasteiger partial charge in [0.25, 0.3) is 0 Å². The summed E-state index contributed by atoms with van der Waals surface area (Å²) in [4.78, 5) is 6.64. The lowest BCUT2D eigenvalue weighted by Gasteiger charge is -2.18. The largest absolute Gasteiger partial charge is 0.492 e. The number of likely N-dealkylation sites (N-methyl/N-ethyl adjacent to an activating group) is 1. The van der Waals surface area contributed by atoms with Crippen molar-refractivity contribution in [2.45, 2.75) is 6.92 Å². The molecule has 1 aromatic rings. The standard InChI is InChI=1S/C13H18N2O2/c1-4-17-11-7-5-6-10(12(11)16-3)13-14-8-9-15(13)2/h5-7H,4,8-9H2,1-3H3. The van der Waals surface area contributed by atoms with Gasteiger partial charge in [-0.25, -0.2) is 0 Å². The molecular weight excluding hydrogens is 216 g/mol. The summed E-state index contributed by atoms with van der Waals surface area (Å²) in [5.41, 5.74) is 0.999. The molecule has 4 heteroatoms. The molecule has 1 aliphatic rings. The van der Waals surface area contributed by atoms with E-state index in [1.165, 1.54) is 0 Å². The van der Waals surface area contributed by atoms with Crippen molar-refractivity contribution in [2.24, 2.45) is 4.99 Å². The third-order valence-electron chi connectivity index (χ3n) is 2.78. The van der Waals surface area contributed by atoms with E-state index in [1.807, 2.05) is 32.2 Å². The SMILES string of the molecule is CCOc1cccc(C2=NCCN2C)c1OC. The fourth-order valence-corrected chi connectivity index (χ4v) is 1.99. The molecule has 0 N–H and O–H groups in total. The van der Waals surface area contributed by atoms with Gasteiger partial charge >= 0.3 is 0 Å². The molecule has 2 rings (SSSR count). The summed E-state index contributed by atoms with van der Waals surface area (Å²) >= 11 is 0. The van der Waals surface area contributed by atoms with Gasteiger partial charge < -0.3 is 14.4 Å². The topological polar surface area (TPSA) is 34.1 Å². The van der Waals surface area contributed by atoms with Gasteiger partial charge in [0, 0.05) is 13.6 Å². The molecule has 1 aliphatic heterocycles. The van der Waals surface area contributed by atoms with Crippen LogP contribution in [0.1, 0.15) is 12.5 Å². The molecule has 0 radical (unpaired) electrons. The van der Waals surface area contributed by atoms with E-state index in [0.29, 0.717) is 6.61 Å². The van der Waals surface area contributed by atoms with Crippen LogP contribution in [0.25, 0.3) is 0 Å². The second kappa shape index (κ2) is 5.08. The molecule has 0 aliphatic carbocycles. The first-order valence-electron chi connectivity index (χ1n) is 5.83. The van der Waals surface area contributed by atoms with Crippen molar-refractivity contribution < 1.29 is 9.47 Å². The molecule has 0 amide bonds. The zero-order valence-corrected chi connectivity index (χ0v) is 10.6. The molecule has 92 valence electrons. The molecule has 0 atom stereocenters. The van der Waals surface area contributed by atoms with E-state index in [4.69, 9.17) is 9.47 Å². The van der Waals surface area contributed by atoms with Crippen molar-refractivity contribution in [3.05, 3.63) is 23.8 Å². The van der Waals surface area contributed by atoms with E-state index < -0.39 is 0 Å². The summed E-state index contributed by atoms with van der Waals surface area (Å²) in [6.45, 7) is 4.39. The lowest BCUT2D eigenvalue weighted by molar-refractivity contribution is 0.310. The number of nitrogens with zero attached hydrogens (tertiary/aromatic N) is 2. The highest BCUT2D eigenvalue weighted by Gasteiger charge is 2.20. The van der Waals surface area contributed by atoms with Crippen molar-refractivity contribution >= 4 is 5.84 Å². The lowest BCUT2D eigenvalue weighted by atomic mass is 10.1. The van der Waals surface area contributed by atoms with Gasteiger partial charge in [0.1, 0.15) is 5.84 Å². The number of aliphatic imine (C=N–C) groups is 1. The van der Waals surface area contributed by atoms with Crippen LogP contribution in [-0.4, -0.2) is 44.6 Å². The molecular formula is C13H18N2O2. The van der Waals surface area contributed by atoms with Crippen LogP contribution in [-0.2, 0) is 0 Å². The van der Waals surface area contributed by atoms with E-state index in [-0.39, 0.29) is 0 Å². The van der Waals surface area contributed by atoms with Gasteiger partial charge in [-0.15, -0.1) is 0 Å². The predicted octanol–water partition coefficient (Wildman–Crippen LogP) is 1.79. The quantitative estimate of drug-likeness (QED) is 0.796. The summed E-state index contributed by atoms with van der Waals surface area (Å²) in [5.74, 6) is 2.51. The number of rotatable bonds is 4. The Labute approximate surface area is 102 Å². The van der Waals surface area contributed by atoms with Gasteiger partial charge in [0.15, 0.2) is 11.5 Å². The average Bonchev–Trinajstić information content (AvgIpc) is 2.75. The van der Waals surface area contributed by atoms with Crippen LogP contribution in [0.2, 0.25) is 0 Å². The maximum atomic E-state index is 5.56. The van der Waals surface area contributed by atoms with Crippen LogP contribution >= 0.6 is 0 Å². The summed E-state index contributed by atoms with van der Waals surface area (Å²) in [7, 11) is 3.70. The molecule has 17 heavy (non-hydrogen) atoms. The normalized spacial score (nSPS) is 14.8. The van der Waals surface area contributed by atoms with Gasteiger partial charge in [-0.1, -0.05) is 6.07 Å². The van der Waals surface area contributed by atoms with Crippen LogP contribution in [0.5, 0.6) is 11.5 Å². The number of hydrogen-bond acceptors (Lipinski definition) is 4. The number of hydrogen-bond donors (Lipinski definition) is 0. The highest BCUT2D eigenvalue weighted by atomic mass is 16.5. The molecule has 0 bridgehead atoms. The highest BCUT2D eigenvalue weighted by Crippen LogP contribution is 2.32. The van der Waals surface area contributed by atoms with E-state index in [0.717, 1.165) is 36.0 Å². The Bertz CT molecular complexity index is 429. The zero-order valence-electron chi connectivity index (χ0n) is 10.6. The fraction of sp³-hybridized carbons (Fsp3) is 0.462. The molecule has 4 nitrogen and oxygen atoms in total. The van der Waals surface area contributed by atoms with Gasteiger partial charge in [-0.2, -0.15) is 0 Å². The van der Waals surface area contributed by atoms with Crippen LogP contribution in [0.3, 0.4) is 0 Å². The Kier molecular flexibility index (Phi) is 3.52. The van der Waals surface area contributed by atoms with Gasteiger partial charge in [0.2, 0.25) is 0 Å². The van der Waals surface area contributed by atoms with Crippen molar-refractivity contribution in [3.8, 4) is 11.5 Å². The Morgan fingerprint density at radius 3 is 2.82 bits per heavy atom. The zero-order chi connectivity index (χ0) is 12.3. The fourth-order valence-electron chi connectivity index (χ4n) is 1.99. The number of ether oxygens (including phenoxy) is 2. The van der Waals surface area contributed by atoms with Crippen LogP contribution in [0.4, 0.5) is 0 Å². The van der Waals surface area contributed by atoms with Crippen molar-refractivity contribution in [1.82, 2.24) is 4.90 Å². The van der Waals surface area contributed by atoms with Crippen LogP contribution < -0.4 is 9.47 Å². The molecule has 0 spiro atoms. The minimum absolute atomic E-state index is 0.627. The van der Waals surface area contributed by atoms with Gasteiger partial charge in [-0.05, 0) is 19.1 Å². The summed E-state index contributed by atoms with van der Waals surface area (Å²) in [5, 5.41) is 0. The number of benzene rings is 1. The van der Waals surface area contributed by atoms with Crippen molar-refractivity contribution in [3.63, 3.8) is 0 Å². The molecule has 0 saturated heterocycles. The predicted molar refractivity (Wildman–Crippen MR) is 68.2 cm³/mol. The maximum Gasteiger partial charge on any atom is 0.171 e. The molecule has 1 heterocycles. The van der Waals surface area contributed by atoms with Crippen molar-refractivity contribution in [2.75, 3.05) is 33.9 Å². The third kappa shape index (κ3) is 2.20. The summed E-state index contributed by atoms with van der Waals surface area (Å²) in [6.07, 6.45) is 0. The number of methoxy groups -OCH3 is 1. The lowest BCUT2D eigenvalue weighted by Crippen LogP contribution is -2.24. The summed E-state index contributed by atoms with van der Waals surface area (Å²) < 4.78 is 11.0. The van der Waals surface area contributed by atoms with E-state index in [2.05, 4.69) is 9.89 Å². The maximum absolute atomic E-state index is 5.56. The smallest absolute Gasteiger partial charge is 0.171 e. The second-order valence-electron chi connectivity index (χ2n) is 3.90. The van der Waals surface area contributed by atoms with E-state index in [9.17, 15) is 0 Å². The minimum Gasteiger partial charge on any atom is -0.492 e. The monoisotopic (exact) mass is 234 g/mol. The number of amidine groups is 1. The Balaban J connectivity index is 2.43. The highest BCUT2D eigenvalue weighted by molar-refractivity contribution is 6.02. The first-order valence-corrected chi connectivity index (χ1v) is 5.83. The van der Waals surface area contributed by atoms with Crippen LogP contribution in [0, 0.1) is 0 Å². The number of para-hydroxylation sites is 1. The molecule has 0 unspecified atom stereocenters. The first kappa shape index (κ1) is 11.8. The van der Waals surface area contributed by atoms with E-state index >= 15 is 0 Å². The Hall–Kier alpha value is -1.71. The average molecular weight is 234 g/mol. The summed E-state index contributed by atoms with van der Waals surface area (Å²) in [6, 6.07) is 5.90. The second-order valence-corrected chi connectivity index (χ2v) is 3.90. The third-order valence-corrected chi connectivity index (χ3v) is 2.78. The molecule has 1 aromatic carbocycles. The van der Waals surface area contributed by atoms with Crippen LogP contribution in [0.15, 0.2) is 23.2 Å². The Morgan fingerprint density at radius 2 is 2.24 bits per heavy atom. The minimum atomic E-state index is 0.627. The molecule has 0 aromatic heterocycles.